The molecule has 7 aromatic rings. The number of aromatic nitrogens is 7. The van der Waals surface area contributed by atoms with Crippen LogP contribution in [0.2, 0.25) is 10.3 Å². The number of fused-ring (bicyclic) bond motifs is 2. The maximum absolute atomic E-state index is 11.1. The van der Waals surface area contributed by atoms with Crippen LogP contribution in [0.15, 0.2) is 114 Å². The zero-order valence-corrected chi connectivity index (χ0v) is 54.5. The number of hydrogen-bond acceptors (Lipinski definition) is 19. The van der Waals surface area contributed by atoms with Crippen molar-refractivity contribution in [3.8, 4) is 30.2 Å². The zero-order valence-electron chi connectivity index (χ0n) is 45.9. The highest BCUT2D eigenvalue weighted by Gasteiger charge is 2.08. The number of halogens is 9. The van der Waals surface area contributed by atoms with Gasteiger partial charge in [-0.15, -0.1) is 0 Å². The van der Waals surface area contributed by atoms with Crippen LogP contribution in [0.3, 0.4) is 0 Å². The molecule has 0 atom stereocenters. The molecule has 0 bridgehead atoms. The predicted octanol–water partition coefficient (Wildman–Crippen LogP) is 12.0. The Kier molecular flexibility index (Phi) is 38.5. The molecule has 0 radical (unpaired) electrons. The van der Waals surface area contributed by atoms with Gasteiger partial charge in [0.15, 0.2) is 0 Å². The zero-order chi connectivity index (χ0) is 64.2. The Hall–Kier alpha value is -6.30. The Morgan fingerprint density at radius 2 is 1.23 bits per heavy atom. The molecule has 0 aliphatic carbocycles. The van der Waals surface area contributed by atoms with Gasteiger partial charge in [-0.3, -0.25) is 48.5 Å². The largest absolute Gasteiger partial charge is 0.494 e. The normalized spacial score (nSPS) is 10.6. The summed E-state index contributed by atoms with van der Waals surface area (Å²) in [5.41, 5.74) is 4.36. The molecule has 84 heavy (non-hydrogen) atoms. The van der Waals surface area contributed by atoms with E-state index in [2.05, 4.69) is 120 Å². The number of nitrogens with one attached hydrogen (secondary N) is 3. The number of pyridine rings is 7. The van der Waals surface area contributed by atoms with Gasteiger partial charge in [0.25, 0.3) is 11.1 Å². The van der Waals surface area contributed by atoms with Gasteiger partial charge in [0.05, 0.1) is 22.1 Å². The van der Waals surface area contributed by atoms with E-state index >= 15 is 0 Å². The summed E-state index contributed by atoms with van der Waals surface area (Å²) in [5, 5.41) is 44.6. The standard InChI is InChI=1S/C10H11N3.C8H7ClN2.C8H6N2O.C7H4Cl2N2.C7H6N2O2.C7H6N2.C5H13NO2.2Cl3OP/c1-13(2)6-4-9-3-5-12-8-10(9)7-11;9-8-7-5-10-3-1-6(7)2-4-11-8;11-8-7-5-9-3-1-6(7)2-4-10-8;1-4-2-6(8)11-7(9)5(4)3-10;1-4-2-6(10)9-7(11)5(4)3-8;1-6-2-3-9-5-7(6)4-8;1-6(2)5(7-3)8-4;2*1-5(2,3)4/h3-6,8H,1-2H3;1-3,5,11H,4H2;1-5H,(H,10,11);2H,1H3;2H,1H3,(H2,9,10,11);2-3,5H,1H3;5H,1-4H3;;/b6-4-;;;;;;;;. The molecule has 1 aliphatic rings. The number of nitriles is 4. The molecule has 0 fully saturated rings. The maximum atomic E-state index is 11.1. The fourth-order valence-electron chi connectivity index (χ4n) is 5.65. The maximum Gasteiger partial charge on any atom is 0.339 e. The average molecular weight is 1370 g/mol. The lowest BCUT2D eigenvalue weighted by atomic mass is 10.1. The molecule has 0 saturated heterocycles. The Balaban J connectivity index is 0.000000935. The third-order valence-corrected chi connectivity index (χ3v) is 10.1. The molecular formula is C52H53Cl9N14O7P2. The number of rotatable bonds is 5. The summed E-state index contributed by atoms with van der Waals surface area (Å²) in [4.78, 5) is 49.4. The monoisotopic (exact) mass is 1360 g/mol. The number of aromatic amines is 2. The topological polar surface area (TPSA) is 317 Å². The number of ether oxygens (including phenoxy) is 2. The number of aryl methyl sites for hydroxylation is 3. The summed E-state index contributed by atoms with van der Waals surface area (Å²) < 4.78 is 28.8. The molecule has 446 valence electrons. The van der Waals surface area contributed by atoms with E-state index in [1.165, 1.54) is 6.07 Å². The summed E-state index contributed by atoms with van der Waals surface area (Å²) in [7, 11) is 10.9. The van der Waals surface area contributed by atoms with Crippen LogP contribution in [-0.2, 0) is 18.6 Å². The minimum Gasteiger partial charge on any atom is -0.494 e. The molecule has 32 heteroatoms. The highest BCUT2D eigenvalue weighted by molar-refractivity contribution is 8.25. The van der Waals surface area contributed by atoms with Crippen molar-refractivity contribution in [2.75, 3.05) is 49.0 Å². The van der Waals surface area contributed by atoms with Gasteiger partial charge in [-0.2, -0.15) is 21.0 Å². The number of nitrogens with zero attached hydrogens (tertiary/aromatic N) is 11. The van der Waals surface area contributed by atoms with Crippen LogP contribution in [0.5, 0.6) is 5.88 Å². The quantitative estimate of drug-likeness (QED) is 0.0538. The molecule has 0 unspecified atom stereocenters. The van der Waals surface area contributed by atoms with Crippen molar-refractivity contribution in [3.63, 3.8) is 0 Å². The van der Waals surface area contributed by atoms with Gasteiger partial charge in [0.1, 0.15) is 45.3 Å². The molecule has 1 aliphatic heterocycles. The van der Waals surface area contributed by atoms with E-state index in [4.69, 9.17) is 70.4 Å². The van der Waals surface area contributed by atoms with Crippen LogP contribution < -0.4 is 26.9 Å². The van der Waals surface area contributed by atoms with Crippen molar-refractivity contribution in [1.29, 1.82) is 21.0 Å². The molecule has 0 amide bonds. The van der Waals surface area contributed by atoms with Crippen molar-refractivity contribution >= 4 is 141 Å². The van der Waals surface area contributed by atoms with Gasteiger partial charge in [0.2, 0.25) is 12.3 Å². The average Bonchev–Trinajstić information content (AvgIpc) is 3.41. The predicted molar refractivity (Wildman–Crippen MR) is 337 cm³/mol. The Bertz CT molecular complexity index is 3690. The Morgan fingerprint density at radius 3 is 1.69 bits per heavy atom. The highest BCUT2D eigenvalue weighted by Crippen LogP contribution is 2.61. The summed E-state index contributed by atoms with van der Waals surface area (Å²) in [5.74, 6) is -0.363. The number of methoxy groups -OCH3 is 2. The highest BCUT2D eigenvalue weighted by atomic mass is 36.1. The van der Waals surface area contributed by atoms with E-state index < -0.39 is 16.0 Å². The lowest BCUT2D eigenvalue weighted by Crippen LogP contribution is -2.35. The van der Waals surface area contributed by atoms with Crippen LogP contribution in [-0.4, -0.2) is 105 Å². The molecule has 0 spiro atoms. The molecule has 0 aromatic carbocycles. The third-order valence-electron chi connectivity index (χ3n) is 9.34. The van der Waals surface area contributed by atoms with Crippen LogP contribution in [0.1, 0.15) is 44.5 Å². The van der Waals surface area contributed by atoms with Crippen LogP contribution in [0.4, 0.5) is 0 Å². The van der Waals surface area contributed by atoms with E-state index in [9.17, 15) is 18.7 Å². The van der Waals surface area contributed by atoms with Crippen molar-refractivity contribution in [1.82, 2.24) is 50.0 Å². The van der Waals surface area contributed by atoms with Crippen LogP contribution in [0.25, 0.3) is 28.1 Å². The number of H-pyrrole nitrogens is 2. The van der Waals surface area contributed by atoms with Crippen LogP contribution >= 0.6 is 113 Å². The van der Waals surface area contributed by atoms with Gasteiger partial charge < -0.3 is 29.8 Å². The van der Waals surface area contributed by atoms with Gasteiger partial charge in [-0.25, -0.2) is 4.98 Å². The first-order valence-corrected chi connectivity index (χ1v) is 32.9. The van der Waals surface area contributed by atoms with E-state index in [0.29, 0.717) is 37.9 Å². The summed E-state index contributed by atoms with van der Waals surface area (Å²) >= 11 is 44.8. The first-order chi connectivity index (χ1) is 39.3. The second-order valence-electron chi connectivity index (χ2n) is 16.0. The third kappa shape index (κ3) is 34.5. The number of aromatic hydroxyl groups is 1. The summed E-state index contributed by atoms with van der Waals surface area (Å²) in [6.45, 7) is 6.04. The Morgan fingerprint density at radius 1 is 0.702 bits per heavy atom. The van der Waals surface area contributed by atoms with E-state index in [1.807, 2.05) is 99.7 Å². The second-order valence-corrected chi connectivity index (χ2v) is 30.4. The Labute approximate surface area is 528 Å². The van der Waals surface area contributed by atoms with Gasteiger partial charge in [0, 0.05) is 102 Å². The van der Waals surface area contributed by atoms with Gasteiger partial charge >= 0.3 is 10.4 Å². The van der Waals surface area contributed by atoms with Crippen LogP contribution in [0, 0.1) is 66.1 Å². The fraction of sp³-hybridized carbons (Fsp3) is 0.212. The summed E-state index contributed by atoms with van der Waals surface area (Å²) in [6, 6.07) is 19.9. The van der Waals surface area contributed by atoms with E-state index in [0.717, 1.165) is 39.1 Å². The fourth-order valence-corrected chi connectivity index (χ4v) is 6.46. The van der Waals surface area contributed by atoms with Gasteiger partial charge in [-0.1, -0.05) is 40.9 Å². The minimum atomic E-state index is -3.22. The molecule has 4 N–H and O–H groups in total. The van der Waals surface area contributed by atoms with Gasteiger partial charge in [-0.05, 0) is 184 Å². The minimum absolute atomic E-state index is 0.0874. The van der Waals surface area contributed by atoms with Crippen molar-refractivity contribution in [2.45, 2.75) is 27.2 Å². The summed E-state index contributed by atoms with van der Waals surface area (Å²) in [6.07, 6.45) is 20.5. The molecule has 8 heterocycles. The smallest absolute Gasteiger partial charge is 0.339 e. The second kappa shape index (κ2) is 41.7. The van der Waals surface area contributed by atoms with E-state index in [1.54, 1.807) is 96.0 Å². The lowest BCUT2D eigenvalue weighted by Gasteiger charge is -2.19. The van der Waals surface area contributed by atoms with Crippen molar-refractivity contribution in [2.24, 2.45) is 0 Å². The molecule has 8 rings (SSSR count). The first kappa shape index (κ1) is 77.7. The molecule has 7 aromatic heterocycles. The molecule has 0 saturated carbocycles. The molecule has 21 nitrogen and oxygen atoms in total. The van der Waals surface area contributed by atoms with E-state index in [-0.39, 0.29) is 28.6 Å². The molecular weight excluding hydrogens is 1310 g/mol. The first-order valence-electron chi connectivity index (χ1n) is 23.0. The lowest BCUT2D eigenvalue weighted by molar-refractivity contribution is -0.179. The van der Waals surface area contributed by atoms with Crippen molar-refractivity contribution < 1.29 is 23.7 Å². The van der Waals surface area contributed by atoms with Crippen molar-refractivity contribution in [3.05, 3.63) is 190 Å². The SMILES string of the molecule is CN(C)/C=C\c1ccncc1C#N.COC(OC)N(C)C.Cc1cc(=O)[nH]c(O)c1C#N.Cc1cc(Cl)nc(Cl)c1C#N.Cc1ccncc1C#N.ClC1=c2cnccc2=CCN1.O=P(Cl)(Cl)Cl.O=P(Cl)(Cl)Cl.O=c1[nH]ccc2ccncc12. The number of hydrogen-bond donors (Lipinski definition) is 4.